The van der Waals surface area contributed by atoms with Crippen LogP contribution in [0.4, 0.5) is 23.0 Å². The minimum Gasteiger partial charge on any atom is -0.399 e. The average Bonchev–Trinajstić information content (AvgIpc) is 2.75. The normalized spacial score (nSPS) is 14.3. The van der Waals surface area contributed by atoms with Crippen LogP contribution in [0.5, 0.6) is 0 Å². The van der Waals surface area contributed by atoms with Crippen molar-refractivity contribution in [3.05, 3.63) is 60.8 Å². The molecule has 1 amide bonds. The molecule has 0 aliphatic carbocycles. The molecule has 0 atom stereocenters. The maximum atomic E-state index is 12.2. The van der Waals surface area contributed by atoms with E-state index in [0.717, 1.165) is 35.7 Å². The van der Waals surface area contributed by atoms with Gasteiger partial charge in [-0.1, -0.05) is 18.2 Å². The number of carbonyl (C=O) groups excluding carboxylic acids is 1. The van der Waals surface area contributed by atoms with E-state index in [2.05, 4.69) is 25.5 Å². The molecule has 0 radical (unpaired) electrons. The predicted octanol–water partition coefficient (Wildman–Crippen LogP) is 2.74. The Labute approximate surface area is 175 Å². The highest BCUT2D eigenvalue weighted by Crippen LogP contribution is 2.22. The van der Waals surface area contributed by atoms with Crippen LogP contribution >= 0.6 is 0 Å². The summed E-state index contributed by atoms with van der Waals surface area (Å²) in [6, 6.07) is 16.9. The van der Waals surface area contributed by atoms with Crippen LogP contribution in [0.2, 0.25) is 0 Å². The standard InChI is InChI=1S/C22H24N6O2/c23-17-2-1-3-19(14-17)26-22-24-9-8-20(27-22)16-4-6-18(7-5-16)25-21(29)15-28-10-12-30-13-11-28/h1-9,14H,10-13,15,23H2,(H,25,29)(H,24,26,27). The van der Waals surface area contributed by atoms with Crippen molar-refractivity contribution >= 4 is 28.9 Å². The number of nitrogen functional groups attached to an aromatic ring is 1. The minimum absolute atomic E-state index is 0.0275. The molecule has 1 aliphatic rings. The van der Waals surface area contributed by atoms with Crippen LogP contribution in [0.1, 0.15) is 0 Å². The molecule has 4 N–H and O–H groups in total. The van der Waals surface area contributed by atoms with Gasteiger partial charge in [0.1, 0.15) is 0 Å². The number of hydrogen-bond donors (Lipinski definition) is 3. The largest absolute Gasteiger partial charge is 0.399 e. The zero-order valence-electron chi connectivity index (χ0n) is 16.5. The topological polar surface area (TPSA) is 105 Å². The van der Waals surface area contributed by atoms with Gasteiger partial charge in [-0.2, -0.15) is 0 Å². The SMILES string of the molecule is Nc1cccc(Nc2nccc(-c3ccc(NC(=O)CN4CCOCC4)cc3)n2)c1. The van der Waals surface area contributed by atoms with Crippen LogP contribution in [-0.2, 0) is 9.53 Å². The first kappa shape index (κ1) is 19.8. The Hall–Kier alpha value is -3.49. The Bertz CT molecular complexity index is 1000. The van der Waals surface area contributed by atoms with Crippen molar-refractivity contribution in [2.45, 2.75) is 0 Å². The Morgan fingerprint density at radius 2 is 1.87 bits per heavy atom. The molecule has 3 aromatic rings. The third-order valence-corrected chi connectivity index (χ3v) is 4.73. The van der Waals surface area contributed by atoms with Gasteiger partial charge in [-0.15, -0.1) is 0 Å². The average molecular weight is 404 g/mol. The predicted molar refractivity (Wildman–Crippen MR) is 117 cm³/mol. The lowest BCUT2D eigenvalue weighted by atomic mass is 10.1. The number of rotatable bonds is 6. The summed E-state index contributed by atoms with van der Waals surface area (Å²) in [6.07, 6.45) is 1.70. The molecule has 0 spiro atoms. The number of nitrogens with two attached hydrogens (primary N) is 1. The van der Waals surface area contributed by atoms with Crippen LogP contribution in [0.15, 0.2) is 60.8 Å². The van der Waals surface area contributed by atoms with Gasteiger partial charge in [0, 0.05) is 41.9 Å². The Morgan fingerprint density at radius 3 is 2.63 bits per heavy atom. The second kappa shape index (κ2) is 9.34. The van der Waals surface area contributed by atoms with Crippen LogP contribution in [-0.4, -0.2) is 53.6 Å². The van der Waals surface area contributed by atoms with Crippen molar-refractivity contribution < 1.29 is 9.53 Å². The summed E-state index contributed by atoms with van der Waals surface area (Å²) in [5, 5.41) is 6.10. The lowest BCUT2D eigenvalue weighted by Gasteiger charge is -2.25. The van der Waals surface area contributed by atoms with Crippen molar-refractivity contribution in [1.29, 1.82) is 0 Å². The second-order valence-electron chi connectivity index (χ2n) is 7.03. The van der Waals surface area contributed by atoms with E-state index in [4.69, 9.17) is 10.5 Å². The minimum atomic E-state index is -0.0275. The van der Waals surface area contributed by atoms with E-state index in [-0.39, 0.29) is 5.91 Å². The fourth-order valence-electron chi connectivity index (χ4n) is 3.21. The molecule has 0 unspecified atom stereocenters. The highest BCUT2D eigenvalue weighted by molar-refractivity contribution is 5.92. The van der Waals surface area contributed by atoms with E-state index < -0.39 is 0 Å². The molecule has 2 aromatic carbocycles. The van der Waals surface area contributed by atoms with E-state index in [0.29, 0.717) is 31.4 Å². The lowest BCUT2D eigenvalue weighted by molar-refractivity contribution is -0.118. The molecule has 1 aromatic heterocycles. The summed E-state index contributed by atoms with van der Waals surface area (Å²) >= 11 is 0. The molecule has 0 saturated carbocycles. The third-order valence-electron chi connectivity index (χ3n) is 4.73. The smallest absolute Gasteiger partial charge is 0.238 e. The molecule has 8 heteroatoms. The number of nitrogens with zero attached hydrogens (tertiary/aromatic N) is 3. The van der Waals surface area contributed by atoms with E-state index in [1.807, 2.05) is 54.6 Å². The Balaban J connectivity index is 1.39. The second-order valence-corrected chi connectivity index (χ2v) is 7.03. The number of anilines is 4. The Kier molecular flexibility index (Phi) is 6.17. The summed E-state index contributed by atoms with van der Waals surface area (Å²) in [5.74, 6) is 0.460. The first-order valence-corrected chi connectivity index (χ1v) is 9.82. The van der Waals surface area contributed by atoms with Crippen molar-refractivity contribution in [3.8, 4) is 11.3 Å². The fraction of sp³-hybridized carbons (Fsp3) is 0.227. The number of morpholine rings is 1. The van der Waals surface area contributed by atoms with Gasteiger partial charge in [-0.3, -0.25) is 9.69 Å². The zero-order chi connectivity index (χ0) is 20.8. The number of carbonyl (C=O) groups is 1. The lowest BCUT2D eigenvalue weighted by Crippen LogP contribution is -2.41. The van der Waals surface area contributed by atoms with E-state index >= 15 is 0 Å². The third kappa shape index (κ3) is 5.31. The summed E-state index contributed by atoms with van der Waals surface area (Å²) < 4.78 is 5.31. The molecular formula is C22H24N6O2. The number of benzene rings is 2. The van der Waals surface area contributed by atoms with Crippen molar-refractivity contribution in [2.24, 2.45) is 0 Å². The van der Waals surface area contributed by atoms with Crippen molar-refractivity contribution in [3.63, 3.8) is 0 Å². The monoisotopic (exact) mass is 404 g/mol. The van der Waals surface area contributed by atoms with Gasteiger partial charge in [-0.25, -0.2) is 9.97 Å². The molecule has 4 rings (SSSR count). The highest BCUT2D eigenvalue weighted by Gasteiger charge is 2.14. The van der Waals surface area contributed by atoms with Gasteiger partial charge >= 0.3 is 0 Å². The first-order valence-electron chi connectivity index (χ1n) is 9.82. The van der Waals surface area contributed by atoms with Crippen molar-refractivity contribution in [2.75, 3.05) is 49.2 Å². The number of ether oxygens (including phenoxy) is 1. The maximum absolute atomic E-state index is 12.2. The molecule has 2 heterocycles. The van der Waals surface area contributed by atoms with Gasteiger partial charge in [0.15, 0.2) is 0 Å². The number of aromatic nitrogens is 2. The summed E-state index contributed by atoms with van der Waals surface area (Å²) in [7, 11) is 0. The highest BCUT2D eigenvalue weighted by atomic mass is 16.5. The van der Waals surface area contributed by atoms with E-state index in [9.17, 15) is 4.79 Å². The quantitative estimate of drug-likeness (QED) is 0.543. The van der Waals surface area contributed by atoms with Gasteiger partial charge in [0.05, 0.1) is 25.5 Å². The van der Waals surface area contributed by atoms with Gasteiger partial charge < -0.3 is 21.1 Å². The zero-order valence-corrected chi connectivity index (χ0v) is 16.5. The molecule has 8 nitrogen and oxygen atoms in total. The summed E-state index contributed by atoms with van der Waals surface area (Å²) in [4.78, 5) is 23.2. The van der Waals surface area contributed by atoms with Gasteiger partial charge in [0.2, 0.25) is 11.9 Å². The summed E-state index contributed by atoms with van der Waals surface area (Å²) in [6.45, 7) is 3.29. The summed E-state index contributed by atoms with van der Waals surface area (Å²) in [5.41, 5.74) is 9.77. The van der Waals surface area contributed by atoms with Gasteiger partial charge in [0.25, 0.3) is 0 Å². The van der Waals surface area contributed by atoms with Gasteiger partial charge in [-0.05, 0) is 36.4 Å². The van der Waals surface area contributed by atoms with Crippen LogP contribution in [0.25, 0.3) is 11.3 Å². The van der Waals surface area contributed by atoms with E-state index in [1.165, 1.54) is 0 Å². The van der Waals surface area contributed by atoms with Crippen molar-refractivity contribution in [1.82, 2.24) is 14.9 Å². The molecule has 1 saturated heterocycles. The van der Waals surface area contributed by atoms with Crippen LogP contribution in [0.3, 0.4) is 0 Å². The Morgan fingerprint density at radius 1 is 1.07 bits per heavy atom. The number of nitrogens with one attached hydrogen (secondary N) is 2. The molecule has 30 heavy (non-hydrogen) atoms. The number of amides is 1. The maximum Gasteiger partial charge on any atom is 0.238 e. The number of hydrogen-bond acceptors (Lipinski definition) is 7. The van der Waals surface area contributed by atoms with Crippen LogP contribution < -0.4 is 16.4 Å². The van der Waals surface area contributed by atoms with E-state index in [1.54, 1.807) is 6.20 Å². The van der Waals surface area contributed by atoms with Crippen LogP contribution in [0, 0.1) is 0 Å². The first-order chi connectivity index (χ1) is 14.7. The molecule has 1 aliphatic heterocycles. The molecule has 1 fully saturated rings. The molecule has 0 bridgehead atoms. The molecule has 154 valence electrons. The fourth-order valence-corrected chi connectivity index (χ4v) is 3.21. The molecular weight excluding hydrogens is 380 g/mol.